The molecule has 1 aliphatic carbocycles. The van der Waals surface area contributed by atoms with Gasteiger partial charge in [0.05, 0.1) is 11.1 Å². The van der Waals surface area contributed by atoms with E-state index in [4.69, 9.17) is 4.42 Å². The van der Waals surface area contributed by atoms with Crippen molar-refractivity contribution in [2.45, 2.75) is 13.3 Å². The second-order valence-corrected chi connectivity index (χ2v) is 4.17. The van der Waals surface area contributed by atoms with Crippen molar-refractivity contribution in [1.82, 2.24) is 0 Å². The van der Waals surface area contributed by atoms with Gasteiger partial charge < -0.3 is 9.52 Å². The van der Waals surface area contributed by atoms with Crippen LogP contribution in [0, 0.1) is 0 Å². The Morgan fingerprint density at radius 3 is 2.67 bits per heavy atom. The lowest BCUT2D eigenvalue weighted by Gasteiger charge is -2.13. The summed E-state index contributed by atoms with van der Waals surface area (Å²) in [6, 6.07) is 6.07. The molecular formula is C14H10O4. The number of phenolic OH excluding ortho intramolecular Hbond substituents is 1. The quantitative estimate of drug-likeness (QED) is 0.711. The van der Waals surface area contributed by atoms with Gasteiger partial charge >= 0.3 is 0 Å². The van der Waals surface area contributed by atoms with E-state index < -0.39 is 5.78 Å². The van der Waals surface area contributed by atoms with Crippen LogP contribution in [-0.4, -0.2) is 16.7 Å². The molecule has 1 aliphatic rings. The first-order valence-corrected chi connectivity index (χ1v) is 5.67. The molecule has 0 radical (unpaired) electrons. The lowest BCUT2D eigenvalue weighted by Crippen LogP contribution is -2.19. The Balaban J connectivity index is 2.30. The minimum Gasteiger partial charge on any atom is -0.507 e. The highest BCUT2D eigenvalue weighted by molar-refractivity contribution is 6.28. The molecule has 0 atom stereocenters. The van der Waals surface area contributed by atoms with Gasteiger partial charge in [-0.25, -0.2) is 0 Å². The summed E-state index contributed by atoms with van der Waals surface area (Å²) in [5.41, 5.74) is 0.554. The topological polar surface area (TPSA) is 67.5 Å². The van der Waals surface area contributed by atoms with E-state index in [1.165, 1.54) is 12.1 Å². The first-order chi connectivity index (χ1) is 8.63. The van der Waals surface area contributed by atoms with Gasteiger partial charge in [0.15, 0.2) is 11.5 Å². The van der Waals surface area contributed by atoms with E-state index in [2.05, 4.69) is 0 Å². The number of carbonyl (C=O) groups is 2. The summed E-state index contributed by atoms with van der Waals surface area (Å²) in [5.74, 6) is -0.276. The van der Waals surface area contributed by atoms with Crippen molar-refractivity contribution < 1.29 is 19.1 Å². The Hall–Kier alpha value is -2.36. The molecule has 1 N–H and O–H groups in total. The van der Waals surface area contributed by atoms with Crippen LogP contribution in [0.25, 0.3) is 0 Å². The van der Waals surface area contributed by atoms with Gasteiger partial charge in [0, 0.05) is 12.0 Å². The highest BCUT2D eigenvalue weighted by Crippen LogP contribution is 2.34. The van der Waals surface area contributed by atoms with Gasteiger partial charge in [-0.1, -0.05) is 19.1 Å². The molecule has 4 heteroatoms. The minimum atomic E-state index is -0.433. The second kappa shape index (κ2) is 3.57. The average Bonchev–Trinajstić information content (AvgIpc) is 2.80. The Morgan fingerprint density at radius 2 is 1.94 bits per heavy atom. The van der Waals surface area contributed by atoms with E-state index in [-0.39, 0.29) is 34.0 Å². The fourth-order valence-electron chi connectivity index (χ4n) is 2.18. The fourth-order valence-corrected chi connectivity index (χ4v) is 2.18. The van der Waals surface area contributed by atoms with Crippen LogP contribution in [0.3, 0.4) is 0 Å². The van der Waals surface area contributed by atoms with Gasteiger partial charge in [0.1, 0.15) is 11.5 Å². The van der Waals surface area contributed by atoms with Crippen LogP contribution in [0.2, 0.25) is 0 Å². The summed E-state index contributed by atoms with van der Waals surface area (Å²) in [6.07, 6.45) is 0.607. The number of fused-ring (bicyclic) bond motifs is 2. The molecule has 1 aromatic heterocycles. The van der Waals surface area contributed by atoms with Crippen molar-refractivity contribution in [2.75, 3.05) is 0 Å². The lowest BCUT2D eigenvalue weighted by atomic mass is 9.88. The van der Waals surface area contributed by atoms with E-state index in [0.717, 1.165) is 0 Å². The summed E-state index contributed by atoms with van der Waals surface area (Å²) in [4.78, 5) is 24.4. The van der Waals surface area contributed by atoms with Crippen LogP contribution in [0.4, 0.5) is 0 Å². The van der Waals surface area contributed by atoms with Crippen LogP contribution in [0.5, 0.6) is 5.75 Å². The first kappa shape index (κ1) is 10.8. The number of rotatable bonds is 1. The molecule has 2 aromatic rings. The number of phenols is 1. The predicted molar refractivity (Wildman–Crippen MR) is 63.1 cm³/mol. The smallest absolute Gasteiger partial charge is 0.233 e. The van der Waals surface area contributed by atoms with Gasteiger partial charge in [-0.2, -0.15) is 0 Å². The molecule has 0 unspecified atom stereocenters. The molecule has 90 valence electrons. The molecule has 3 rings (SSSR count). The molecule has 0 amide bonds. The van der Waals surface area contributed by atoms with Crippen molar-refractivity contribution >= 4 is 11.6 Å². The summed E-state index contributed by atoms with van der Waals surface area (Å²) in [7, 11) is 0. The maximum Gasteiger partial charge on any atom is 0.233 e. The van der Waals surface area contributed by atoms with E-state index >= 15 is 0 Å². The summed E-state index contributed by atoms with van der Waals surface area (Å²) in [5, 5.41) is 9.72. The molecule has 0 fully saturated rings. The molecule has 0 aliphatic heterocycles. The van der Waals surface area contributed by atoms with Crippen LogP contribution in [-0.2, 0) is 6.42 Å². The van der Waals surface area contributed by atoms with E-state index in [1.807, 2.05) is 6.92 Å². The number of carbonyl (C=O) groups excluding carboxylic acids is 2. The second-order valence-electron chi connectivity index (χ2n) is 4.17. The van der Waals surface area contributed by atoms with Crippen molar-refractivity contribution in [3.05, 3.63) is 52.5 Å². The van der Waals surface area contributed by atoms with E-state index in [9.17, 15) is 14.7 Å². The molecular weight excluding hydrogens is 232 g/mol. The maximum atomic E-state index is 12.2. The van der Waals surface area contributed by atoms with Crippen LogP contribution in [0.1, 0.15) is 44.7 Å². The molecule has 0 saturated carbocycles. The number of hydrogen-bond acceptors (Lipinski definition) is 4. The highest BCUT2D eigenvalue weighted by Gasteiger charge is 2.35. The van der Waals surface area contributed by atoms with Crippen molar-refractivity contribution in [2.24, 2.45) is 0 Å². The van der Waals surface area contributed by atoms with Crippen molar-refractivity contribution in [3.8, 4) is 5.75 Å². The van der Waals surface area contributed by atoms with Gasteiger partial charge in [0.2, 0.25) is 5.78 Å². The Bertz CT molecular complexity index is 679. The van der Waals surface area contributed by atoms with E-state index in [0.29, 0.717) is 12.2 Å². The van der Waals surface area contributed by atoms with Crippen LogP contribution < -0.4 is 0 Å². The number of benzene rings is 1. The summed E-state index contributed by atoms with van der Waals surface area (Å²) < 4.78 is 5.37. The summed E-state index contributed by atoms with van der Waals surface area (Å²) >= 11 is 0. The average molecular weight is 242 g/mol. The largest absolute Gasteiger partial charge is 0.507 e. The monoisotopic (exact) mass is 242 g/mol. The van der Waals surface area contributed by atoms with Gasteiger partial charge in [-0.05, 0) is 12.1 Å². The molecule has 0 bridgehead atoms. The number of aromatic hydroxyl groups is 1. The zero-order valence-corrected chi connectivity index (χ0v) is 9.69. The molecule has 0 saturated heterocycles. The normalized spacial score (nSPS) is 13.4. The van der Waals surface area contributed by atoms with Gasteiger partial charge in [-0.3, -0.25) is 9.59 Å². The molecule has 18 heavy (non-hydrogen) atoms. The molecule has 1 heterocycles. The third-order valence-electron chi connectivity index (χ3n) is 3.10. The van der Waals surface area contributed by atoms with Crippen molar-refractivity contribution in [3.63, 3.8) is 0 Å². The molecule has 4 nitrogen and oxygen atoms in total. The van der Waals surface area contributed by atoms with Gasteiger partial charge in [0.25, 0.3) is 0 Å². The number of furan rings is 1. The number of aryl methyl sites for hydroxylation is 1. The number of hydrogen-bond donors (Lipinski definition) is 1. The Labute approximate surface area is 103 Å². The maximum absolute atomic E-state index is 12.2. The zero-order valence-electron chi connectivity index (χ0n) is 9.69. The third kappa shape index (κ3) is 1.26. The van der Waals surface area contributed by atoms with Crippen molar-refractivity contribution in [1.29, 1.82) is 0 Å². The Kier molecular flexibility index (Phi) is 2.13. The van der Waals surface area contributed by atoms with Gasteiger partial charge in [-0.15, -0.1) is 0 Å². The number of ketones is 2. The minimum absolute atomic E-state index is 0.0332. The SMILES string of the molecule is CCc1cc2c(o1)C(=O)c1c(O)cccc1C2=O. The summed E-state index contributed by atoms with van der Waals surface area (Å²) in [6.45, 7) is 1.88. The lowest BCUT2D eigenvalue weighted by molar-refractivity contribution is 0.0956. The fraction of sp³-hybridized carbons (Fsp3) is 0.143. The van der Waals surface area contributed by atoms with E-state index in [1.54, 1.807) is 12.1 Å². The molecule has 0 spiro atoms. The first-order valence-electron chi connectivity index (χ1n) is 5.67. The van der Waals surface area contributed by atoms with Crippen LogP contribution in [0.15, 0.2) is 28.7 Å². The Morgan fingerprint density at radius 1 is 1.17 bits per heavy atom. The third-order valence-corrected chi connectivity index (χ3v) is 3.10. The predicted octanol–water partition coefficient (Wildman–Crippen LogP) is 2.32. The van der Waals surface area contributed by atoms with Crippen LogP contribution >= 0.6 is 0 Å². The zero-order chi connectivity index (χ0) is 12.9. The standard InChI is InChI=1S/C14H10O4/c1-2-7-6-9-12(16)8-4-3-5-10(15)11(8)13(17)14(9)18-7/h3-6,15H,2H2,1H3. The highest BCUT2D eigenvalue weighted by atomic mass is 16.3. The molecule has 1 aromatic carbocycles.